The Hall–Kier alpha value is -2.89. The second-order valence-corrected chi connectivity index (χ2v) is 7.49. The molecule has 2 atom stereocenters. The number of amides is 1. The van der Waals surface area contributed by atoms with Crippen LogP contribution in [0, 0.1) is 11.7 Å². The standard InChI is InChI=1S/C22H25FN4O/c23-17-8-10-18(11-9-17)25-22(24)27-13-4-7-20(27)19-12-14-26(21(19)28)15-16-5-2-1-3-6-16/h1-3,5-6,8-11,19-20H,4,7,12-15H2,(H2,24,25). The Bertz CT molecular complexity index is 853. The first-order chi connectivity index (χ1) is 13.6. The Labute approximate surface area is 164 Å². The van der Waals surface area contributed by atoms with Gasteiger partial charge in [0, 0.05) is 25.7 Å². The third-order valence-electron chi connectivity index (χ3n) is 5.68. The van der Waals surface area contributed by atoms with Gasteiger partial charge in [-0.15, -0.1) is 0 Å². The number of guanidine groups is 1. The van der Waals surface area contributed by atoms with E-state index in [1.807, 2.05) is 23.1 Å². The normalized spacial score (nSPS) is 22.9. The fraction of sp³-hybridized carbons (Fsp3) is 0.364. The predicted molar refractivity (Wildman–Crippen MR) is 107 cm³/mol. The molecule has 2 saturated heterocycles. The van der Waals surface area contributed by atoms with Crippen LogP contribution in [-0.2, 0) is 11.3 Å². The molecule has 4 rings (SSSR count). The molecule has 0 bridgehead atoms. The number of nitrogens with zero attached hydrogens (tertiary/aromatic N) is 3. The van der Waals surface area contributed by atoms with E-state index >= 15 is 0 Å². The molecule has 6 heteroatoms. The number of aliphatic imine (C=N–C) groups is 1. The highest BCUT2D eigenvalue weighted by Crippen LogP contribution is 2.32. The van der Waals surface area contributed by atoms with E-state index in [1.165, 1.54) is 12.1 Å². The SMILES string of the molecule is NC(=Nc1ccc(F)cc1)N1CCCC1C1CCN(Cc2ccccc2)C1=O. The Kier molecular flexibility index (Phi) is 5.28. The van der Waals surface area contributed by atoms with Gasteiger partial charge in [-0.05, 0) is 49.1 Å². The minimum absolute atomic E-state index is 0.0480. The number of benzene rings is 2. The van der Waals surface area contributed by atoms with Crippen LogP contribution in [0.15, 0.2) is 59.6 Å². The number of hydrogen-bond acceptors (Lipinski definition) is 2. The largest absolute Gasteiger partial charge is 0.369 e. The second kappa shape index (κ2) is 8.00. The van der Waals surface area contributed by atoms with Crippen molar-refractivity contribution in [1.82, 2.24) is 9.80 Å². The zero-order valence-electron chi connectivity index (χ0n) is 15.8. The average molecular weight is 380 g/mol. The fourth-order valence-corrected chi connectivity index (χ4v) is 4.29. The molecule has 2 N–H and O–H groups in total. The van der Waals surface area contributed by atoms with Crippen LogP contribution < -0.4 is 5.73 Å². The summed E-state index contributed by atoms with van der Waals surface area (Å²) in [5.41, 5.74) is 8.04. The Balaban J connectivity index is 1.46. The Morgan fingerprint density at radius 3 is 2.57 bits per heavy atom. The van der Waals surface area contributed by atoms with Crippen LogP contribution in [0.2, 0.25) is 0 Å². The lowest BCUT2D eigenvalue weighted by atomic mass is 9.96. The summed E-state index contributed by atoms with van der Waals surface area (Å²) >= 11 is 0. The first kappa shape index (κ1) is 18.5. The van der Waals surface area contributed by atoms with Gasteiger partial charge in [0.05, 0.1) is 11.6 Å². The quantitative estimate of drug-likeness (QED) is 0.654. The molecule has 2 unspecified atom stereocenters. The monoisotopic (exact) mass is 380 g/mol. The van der Waals surface area contributed by atoms with E-state index in [1.54, 1.807) is 12.1 Å². The van der Waals surface area contributed by atoms with Crippen molar-refractivity contribution in [2.24, 2.45) is 16.6 Å². The average Bonchev–Trinajstić information content (AvgIpc) is 3.32. The fourth-order valence-electron chi connectivity index (χ4n) is 4.29. The lowest BCUT2D eigenvalue weighted by Crippen LogP contribution is -2.46. The van der Waals surface area contributed by atoms with E-state index in [-0.39, 0.29) is 23.7 Å². The number of nitrogens with two attached hydrogens (primary N) is 1. The number of carbonyl (C=O) groups is 1. The summed E-state index contributed by atoms with van der Waals surface area (Å²) < 4.78 is 13.1. The number of likely N-dealkylation sites (tertiary alicyclic amines) is 2. The van der Waals surface area contributed by atoms with E-state index in [0.29, 0.717) is 18.2 Å². The van der Waals surface area contributed by atoms with Gasteiger partial charge in [0.15, 0.2) is 5.96 Å². The number of hydrogen-bond donors (Lipinski definition) is 1. The molecule has 0 radical (unpaired) electrons. The van der Waals surface area contributed by atoms with Crippen LogP contribution in [0.25, 0.3) is 0 Å². The van der Waals surface area contributed by atoms with Crippen LogP contribution >= 0.6 is 0 Å². The number of carbonyl (C=O) groups excluding carboxylic acids is 1. The molecule has 2 heterocycles. The lowest BCUT2D eigenvalue weighted by molar-refractivity contribution is -0.132. The van der Waals surface area contributed by atoms with Crippen molar-refractivity contribution in [2.75, 3.05) is 13.1 Å². The van der Waals surface area contributed by atoms with Gasteiger partial charge >= 0.3 is 0 Å². The Morgan fingerprint density at radius 1 is 1.07 bits per heavy atom. The van der Waals surface area contributed by atoms with Gasteiger partial charge in [0.2, 0.25) is 5.91 Å². The molecule has 146 valence electrons. The molecule has 1 amide bonds. The molecule has 0 aromatic heterocycles. The molecule has 2 fully saturated rings. The Morgan fingerprint density at radius 2 is 1.82 bits per heavy atom. The van der Waals surface area contributed by atoms with Crippen LogP contribution in [0.4, 0.5) is 10.1 Å². The molecule has 2 aromatic rings. The van der Waals surface area contributed by atoms with Crippen molar-refractivity contribution in [2.45, 2.75) is 31.8 Å². The van der Waals surface area contributed by atoms with Gasteiger partial charge in [-0.1, -0.05) is 30.3 Å². The predicted octanol–water partition coefficient (Wildman–Crippen LogP) is 3.29. The van der Waals surface area contributed by atoms with E-state index in [9.17, 15) is 9.18 Å². The van der Waals surface area contributed by atoms with E-state index in [2.05, 4.69) is 22.0 Å². The van der Waals surface area contributed by atoms with Gasteiger partial charge < -0.3 is 15.5 Å². The van der Waals surface area contributed by atoms with Crippen molar-refractivity contribution in [3.63, 3.8) is 0 Å². The summed E-state index contributed by atoms with van der Waals surface area (Å²) in [6.07, 6.45) is 2.78. The topological polar surface area (TPSA) is 61.9 Å². The van der Waals surface area contributed by atoms with Gasteiger partial charge in [0.1, 0.15) is 5.82 Å². The third kappa shape index (κ3) is 3.86. The van der Waals surface area contributed by atoms with Crippen LogP contribution in [0.1, 0.15) is 24.8 Å². The van der Waals surface area contributed by atoms with Crippen LogP contribution in [0.3, 0.4) is 0 Å². The minimum Gasteiger partial charge on any atom is -0.369 e. The highest BCUT2D eigenvalue weighted by molar-refractivity contribution is 5.85. The lowest BCUT2D eigenvalue weighted by Gasteiger charge is -2.29. The minimum atomic E-state index is -0.299. The smallest absolute Gasteiger partial charge is 0.228 e. The van der Waals surface area contributed by atoms with E-state index < -0.39 is 0 Å². The zero-order valence-corrected chi connectivity index (χ0v) is 15.8. The molecular weight excluding hydrogens is 355 g/mol. The van der Waals surface area contributed by atoms with Crippen molar-refractivity contribution in [3.8, 4) is 0 Å². The van der Waals surface area contributed by atoms with Crippen molar-refractivity contribution in [1.29, 1.82) is 0 Å². The highest BCUT2D eigenvalue weighted by atomic mass is 19.1. The third-order valence-corrected chi connectivity index (χ3v) is 5.68. The maximum atomic E-state index is 13.1. The first-order valence-corrected chi connectivity index (χ1v) is 9.81. The maximum Gasteiger partial charge on any atom is 0.228 e. The molecule has 0 saturated carbocycles. The summed E-state index contributed by atoms with van der Waals surface area (Å²) in [5, 5.41) is 0. The summed E-state index contributed by atoms with van der Waals surface area (Å²) in [5.74, 6) is 0.263. The van der Waals surface area contributed by atoms with E-state index in [4.69, 9.17) is 5.73 Å². The molecule has 28 heavy (non-hydrogen) atoms. The van der Waals surface area contributed by atoms with Crippen LogP contribution in [-0.4, -0.2) is 40.8 Å². The second-order valence-electron chi connectivity index (χ2n) is 7.49. The first-order valence-electron chi connectivity index (χ1n) is 9.81. The molecule has 2 aliphatic rings. The maximum absolute atomic E-state index is 13.1. The number of rotatable bonds is 4. The molecular formula is C22H25FN4O. The highest BCUT2D eigenvalue weighted by Gasteiger charge is 2.42. The van der Waals surface area contributed by atoms with Gasteiger partial charge in [-0.3, -0.25) is 4.79 Å². The van der Waals surface area contributed by atoms with Gasteiger partial charge in [0.25, 0.3) is 0 Å². The summed E-state index contributed by atoms with van der Waals surface area (Å²) in [4.78, 5) is 21.5. The van der Waals surface area contributed by atoms with Crippen molar-refractivity contribution >= 4 is 17.6 Å². The van der Waals surface area contributed by atoms with Gasteiger partial charge in [-0.25, -0.2) is 9.38 Å². The summed E-state index contributed by atoms with van der Waals surface area (Å²) in [6.45, 7) is 2.23. The molecule has 0 aliphatic carbocycles. The molecule has 2 aromatic carbocycles. The molecule has 2 aliphatic heterocycles. The van der Waals surface area contributed by atoms with Crippen molar-refractivity contribution in [3.05, 3.63) is 66.0 Å². The van der Waals surface area contributed by atoms with Gasteiger partial charge in [-0.2, -0.15) is 0 Å². The zero-order chi connectivity index (χ0) is 19.5. The van der Waals surface area contributed by atoms with E-state index in [0.717, 1.165) is 37.9 Å². The molecule has 5 nitrogen and oxygen atoms in total. The number of halogens is 1. The van der Waals surface area contributed by atoms with Crippen molar-refractivity contribution < 1.29 is 9.18 Å². The summed E-state index contributed by atoms with van der Waals surface area (Å²) in [7, 11) is 0. The molecule has 0 spiro atoms. The van der Waals surface area contributed by atoms with Crippen LogP contribution in [0.5, 0.6) is 0 Å². The summed E-state index contributed by atoms with van der Waals surface area (Å²) in [6, 6.07) is 16.1.